The quantitative estimate of drug-likeness (QED) is 0.847. The highest BCUT2D eigenvalue weighted by Crippen LogP contribution is 2.36. The zero-order valence-corrected chi connectivity index (χ0v) is 13.4. The molecule has 1 heterocycles. The minimum absolute atomic E-state index is 0.0392. The van der Waals surface area contributed by atoms with Gasteiger partial charge in [0.05, 0.1) is 12.1 Å². The van der Waals surface area contributed by atoms with Crippen LogP contribution < -0.4 is 20.1 Å². The van der Waals surface area contributed by atoms with Gasteiger partial charge in [-0.1, -0.05) is 11.6 Å². The average molecular weight is 373 g/mol. The molecular formula is C16H12ClF3N2O3. The largest absolute Gasteiger partial charge is 0.454 e. The first-order valence-electron chi connectivity index (χ1n) is 7.13. The fourth-order valence-corrected chi connectivity index (χ4v) is 2.43. The summed E-state index contributed by atoms with van der Waals surface area (Å²) in [6, 6.07) is 8.11. The van der Waals surface area contributed by atoms with Gasteiger partial charge in [-0.05, 0) is 30.3 Å². The van der Waals surface area contributed by atoms with Crippen molar-refractivity contribution in [1.29, 1.82) is 0 Å². The van der Waals surface area contributed by atoms with Crippen LogP contribution >= 0.6 is 11.6 Å². The third-order valence-corrected chi connectivity index (χ3v) is 3.62. The van der Waals surface area contributed by atoms with Crippen LogP contribution in [-0.4, -0.2) is 19.2 Å². The number of fused-ring (bicyclic) bond motifs is 1. The summed E-state index contributed by atoms with van der Waals surface area (Å²) >= 11 is 5.61. The Kier molecular flexibility index (Phi) is 4.63. The standard InChI is InChI=1S/C16H12ClF3N2O3/c17-9-1-3-12(11(5-9)16(18,19)20)21-7-15(23)22-10-2-4-13-14(6-10)25-8-24-13/h1-6,21H,7-8H2,(H,22,23). The predicted molar refractivity (Wildman–Crippen MR) is 86.1 cm³/mol. The lowest BCUT2D eigenvalue weighted by atomic mass is 10.1. The first-order valence-corrected chi connectivity index (χ1v) is 7.51. The van der Waals surface area contributed by atoms with Gasteiger partial charge >= 0.3 is 6.18 Å². The molecule has 0 radical (unpaired) electrons. The van der Waals surface area contributed by atoms with Crippen molar-refractivity contribution in [2.45, 2.75) is 6.18 Å². The van der Waals surface area contributed by atoms with Crippen LogP contribution in [0.4, 0.5) is 24.5 Å². The molecule has 5 nitrogen and oxygen atoms in total. The molecule has 1 aliphatic heterocycles. The first-order chi connectivity index (χ1) is 11.8. The molecule has 0 aliphatic carbocycles. The van der Waals surface area contributed by atoms with Crippen molar-refractivity contribution < 1.29 is 27.4 Å². The molecule has 0 bridgehead atoms. The van der Waals surface area contributed by atoms with Gasteiger partial charge in [-0.2, -0.15) is 13.2 Å². The van der Waals surface area contributed by atoms with E-state index in [1.54, 1.807) is 18.2 Å². The number of carbonyl (C=O) groups excluding carboxylic acids is 1. The molecule has 0 spiro atoms. The molecule has 2 aromatic carbocycles. The Morgan fingerprint density at radius 2 is 1.88 bits per heavy atom. The Bertz CT molecular complexity index is 812. The summed E-state index contributed by atoms with van der Waals surface area (Å²) in [7, 11) is 0. The molecule has 2 aromatic rings. The summed E-state index contributed by atoms with van der Waals surface area (Å²) in [6.07, 6.45) is -4.58. The summed E-state index contributed by atoms with van der Waals surface area (Å²) in [5.74, 6) is 0.539. The highest BCUT2D eigenvalue weighted by Gasteiger charge is 2.33. The van der Waals surface area contributed by atoms with Crippen molar-refractivity contribution in [3.63, 3.8) is 0 Å². The van der Waals surface area contributed by atoms with Crippen LogP contribution in [0.25, 0.3) is 0 Å². The van der Waals surface area contributed by atoms with E-state index in [-0.39, 0.29) is 24.0 Å². The SMILES string of the molecule is O=C(CNc1ccc(Cl)cc1C(F)(F)F)Nc1ccc2c(c1)OCO2. The molecule has 0 atom stereocenters. The van der Waals surface area contributed by atoms with Crippen molar-refractivity contribution in [1.82, 2.24) is 0 Å². The first kappa shape index (κ1) is 17.2. The molecule has 132 valence electrons. The molecule has 0 aromatic heterocycles. The molecule has 2 N–H and O–H groups in total. The number of ether oxygens (including phenoxy) is 2. The van der Waals surface area contributed by atoms with Crippen LogP contribution in [0.15, 0.2) is 36.4 Å². The maximum absolute atomic E-state index is 13.0. The van der Waals surface area contributed by atoms with Gasteiger partial charge < -0.3 is 20.1 Å². The van der Waals surface area contributed by atoms with Gasteiger partial charge in [0, 0.05) is 22.5 Å². The van der Waals surface area contributed by atoms with E-state index in [2.05, 4.69) is 10.6 Å². The second-order valence-electron chi connectivity index (χ2n) is 5.16. The van der Waals surface area contributed by atoms with Crippen LogP contribution in [0.3, 0.4) is 0 Å². The number of hydrogen-bond acceptors (Lipinski definition) is 4. The van der Waals surface area contributed by atoms with Gasteiger partial charge in [0.2, 0.25) is 12.7 Å². The summed E-state index contributed by atoms with van der Waals surface area (Å²) in [5, 5.41) is 5.00. The minimum atomic E-state index is -4.58. The Morgan fingerprint density at radius 1 is 1.12 bits per heavy atom. The molecule has 9 heteroatoms. The maximum atomic E-state index is 13.0. The van der Waals surface area contributed by atoms with Gasteiger partial charge in [0.25, 0.3) is 0 Å². The normalized spacial score (nSPS) is 12.8. The fraction of sp³-hybridized carbons (Fsp3) is 0.188. The summed E-state index contributed by atoms with van der Waals surface area (Å²) in [6.45, 7) is -0.246. The highest BCUT2D eigenvalue weighted by molar-refractivity contribution is 6.30. The Labute approximate surface area is 145 Å². The van der Waals surface area contributed by atoms with Crippen LogP contribution in [0.5, 0.6) is 11.5 Å². The van der Waals surface area contributed by atoms with E-state index in [0.717, 1.165) is 6.07 Å². The van der Waals surface area contributed by atoms with Crippen molar-refractivity contribution in [3.8, 4) is 11.5 Å². The molecule has 1 amide bonds. The average Bonchev–Trinajstić information content (AvgIpc) is 3.00. The van der Waals surface area contributed by atoms with E-state index in [1.165, 1.54) is 12.1 Å². The van der Waals surface area contributed by atoms with E-state index in [9.17, 15) is 18.0 Å². The van der Waals surface area contributed by atoms with Crippen LogP contribution in [0.2, 0.25) is 5.02 Å². The lowest BCUT2D eigenvalue weighted by molar-refractivity contribution is -0.137. The van der Waals surface area contributed by atoms with Gasteiger partial charge in [-0.3, -0.25) is 4.79 Å². The zero-order chi connectivity index (χ0) is 18.0. The number of halogens is 4. The third-order valence-electron chi connectivity index (χ3n) is 3.38. The summed E-state index contributed by atoms with van der Waals surface area (Å²) < 4.78 is 49.3. The number of anilines is 2. The highest BCUT2D eigenvalue weighted by atomic mass is 35.5. The topological polar surface area (TPSA) is 59.6 Å². The van der Waals surface area contributed by atoms with Crippen LogP contribution in [-0.2, 0) is 11.0 Å². The summed E-state index contributed by atoms with van der Waals surface area (Å²) in [5.41, 5.74) is -0.711. The van der Waals surface area contributed by atoms with Gasteiger partial charge in [-0.25, -0.2) is 0 Å². The number of amides is 1. The molecule has 0 unspecified atom stereocenters. The molecule has 0 fully saturated rings. The lowest BCUT2D eigenvalue weighted by Crippen LogP contribution is -2.23. The number of benzene rings is 2. The zero-order valence-electron chi connectivity index (χ0n) is 12.6. The van der Waals surface area contributed by atoms with E-state index in [0.29, 0.717) is 17.2 Å². The van der Waals surface area contributed by atoms with E-state index < -0.39 is 17.6 Å². The second kappa shape index (κ2) is 6.72. The number of carbonyl (C=O) groups is 1. The molecule has 0 saturated carbocycles. The van der Waals surface area contributed by atoms with E-state index in [1.807, 2.05) is 0 Å². The Balaban J connectivity index is 1.65. The number of alkyl halides is 3. The third kappa shape index (κ3) is 4.08. The molecule has 1 aliphatic rings. The van der Waals surface area contributed by atoms with Crippen molar-refractivity contribution >= 4 is 28.9 Å². The Hall–Kier alpha value is -2.61. The van der Waals surface area contributed by atoms with Gasteiger partial charge in [-0.15, -0.1) is 0 Å². The van der Waals surface area contributed by atoms with Crippen LogP contribution in [0.1, 0.15) is 5.56 Å². The smallest absolute Gasteiger partial charge is 0.418 e. The summed E-state index contributed by atoms with van der Waals surface area (Å²) in [4.78, 5) is 12.0. The second-order valence-corrected chi connectivity index (χ2v) is 5.59. The lowest BCUT2D eigenvalue weighted by Gasteiger charge is -2.15. The molecular weight excluding hydrogens is 361 g/mol. The number of hydrogen-bond donors (Lipinski definition) is 2. The fourth-order valence-electron chi connectivity index (χ4n) is 2.26. The van der Waals surface area contributed by atoms with Crippen molar-refractivity contribution in [2.75, 3.05) is 24.0 Å². The van der Waals surface area contributed by atoms with E-state index >= 15 is 0 Å². The Morgan fingerprint density at radius 3 is 2.64 bits per heavy atom. The number of nitrogens with one attached hydrogen (secondary N) is 2. The monoisotopic (exact) mass is 372 g/mol. The van der Waals surface area contributed by atoms with Crippen molar-refractivity contribution in [2.24, 2.45) is 0 Å². The van der Waals surface area contributed by atoms with Gasteiger partial charge in [0.15, 0.2) is 11.5 Å². The van der Waals surface area contributed by atoms with Crippen molar-refractivity contribution in [3.05, 3.63) is 47.0 Å². The van der Waals surface area contributed by atoms with Crippen LogP contribution in [0, 0.1) is 0 Å². The van der Waals surface area contributed by atoms with Gasteiger partial charge in [0.1, 0.15) is 0 Å². The molecule has 25 heavy (non-hydrogen) atoms. The molecule has 0 saturated heterocycles. The number of rotatable bonds is 4. The maximum Gasteiger partial charge on any atom is 0.418 e. The minimum Gasteiger partial charge on any atom is -0.454 e. The van der Waals surface area contributed by atoms with E-state index in [4.69, 9.17) is 21.1 Å². The molecule has 3 rings (SSSR count). The predicted octanol–water partition coefficient (Wildman–Crippen LogP) is 4.14.